The Hall–Kier alpha value is -2.10. The zero-order chi connectivity index (χ0) is 14.8. The number of amides is 1. The van der Waals surface area contributed by atoms with E-state index in [-0.39, 0.29) is 5.91 Å². The first-order chi connectivity index (χ1) is 10.1. The standard InChI is InChI=1S/C17H20N2O2/c1-11-6-5-7-13(10-11)18-19-17(20)16-12(2)14-8-3-4-9-15(14)21-16/h3-4,8-9,11H,5-7,10H2,1-2H3,(H,19,20)/b18-13+/t11-/m1/s1. The number of furan rings is 1. The summed E-state index contributed by atoms with van der Waals surface area (Å²) >= 11 is 0. The van der Waals surface area contributed by atoms with Crippen LogP contribution < -0.4 is 5.43 Å². The van der Waals surface area contributed by atoms with Crippen LogP contribution in [-0.2, 0) is 0 Å². The van der Waals surface area contributed by atoms with Gasteiger partial charge in [0.25, 0.3) is 0 Å². The average Bonchev–Trinajstić information content (AvgIpc) is 2.83. The molecule has 1 aliphatic carbocycles. The largest absolute Gasteiger partial charge is 0.451 e. The first-order valence-corrected chi connectivity index (χ1v) is 7.49. The molecule has 1 amide bonds. The van der Waals surface area contributed by atoms with Crippen LogP contribution in [0, 0.1) is 12.8 Å². The molecule has 4 nitrogen and oxygen atoms in total. The highest BCUT2D eigenvalue weighted by Gasteiger charge is 2.18. The van der Waals surface area contributed by atoms with Gasteiger partial charge in [0.2, 0.25) is 0 Å². The number of nitrogens with one attached hydrogen (secondary N) is 1. The van der Waals surface area contributed by atoms with Gasteiger partial charge in [0.05, 0.1) is 0 Å². The number of rotatable bonds is 2. The van der Waals surface area contributed by atoms with Crippen molar-refractivity contribution >= 4 is 22.6 Å². The maximum atomic E-state index is 12.2. The molecule has 1 aromatic heterocycles. The van der Waals surface area contributed by atoms with Gasteiger partial charge in [-0.1, -0.05) is 25.1 Å². The Morgan fingerprint density at radius 2 is 2.19 bits per heavy atom. The van der Waals surface area contributed by atoms with Gasteiger partial charge >= 0.3 is 5.91 Å². The summed E-state index contributed by atoms with van der Waals surface area (Å²) in [5, 5.41) is 5.25. The van der Waals surface area contributed by atoms with Crippen LogP contribution in [0.1, 0.15) is 48.7 Å². The Balaban J connectivity index is 1.78. The lowest BCUT2D eigenvalue weighted by molar-refractivity contribution is 0.0928. The number of carbonyl (C=O) groups is 1. The van der Waals surface area contributed by atoms with Gasteiger partial charge in [-0.2, -0.15) is 5.10 Å². The van der Waals surface area contributed by atoms with Crippen LogP contribution in [0.5, 0.6) is 0 Å². The first-order valence-electron chi connectivity index (χ1n) is 7.49. The minimum atomic E-state index is -0.269. The molecule has 21 heavy (non-hydrogen) atoms. The van der Waals surface area contributed by atoms with Crippen molar-refractivity contribution in [1.82, 2.24) is 5.43 Å². The summed E-state index contributed by atoms with van der Waals surface area (Å²) in [6.07, 6.45) is 4.35. The molecule has 1 atom stereocenters. The van der Waals surface area contributed by atoms with Crippen LogP contribution in [0.2, 0.25) is 0 Å². The molecule has 4 heteroatoms. The zero-order valence-electron chi connectivity index (χ0n) is 12.5. The molecule has 0 aliphatic heterocycles. The number of carbonyl (C=O) groups excluding carboxylic acids is 1. The Labute approximate surface area is 124 Å². The third-order valence-corrected chi connectivity index (χ3v) is 4.11. The fraction of sp³-hybridized carbons (Fsp3) is 0.412. The number of benzene rings is 1. The van der Waals surface area contributed by atoms with Crippen molar-refractivity contribution < 1.29 is 9.21 Å². The van der Waals surface area contributed by atoms with Gasteiger partial charge < -0.3 is 4.42 Å². The van der Waals surface area contributed by atoms with Crippen LogP contribution in [0.15, 0.2) is 33.8 Å². The van der Waals surface area contributed by atoms with Crippen LogP contribution in [0.4, 0.5) is 0 Å². The van der Waals surface area contributed by atoms with E-state index in [0.717, 1.165) is 41.5 Å². The van der Waals surface area contributed by atoms with Crippen LogP contribution in [0.25, 0.3) is 11.0 Å². The second kappa shape index (κ2) is 5.72. The summed E-state index contributed by atoms with van der Waals surface area (Å²) in [6.45, 7) is 4.12. The maximum Gasteiger partial charge on any atom is 0.307 e. The molecule has 1 aromatic carbocycles. The molecule has 0 unspecified atom stereocenters. The molecule has 1 N–H and O–H groups in total. The van der Waals surface area contributed by atoms with Crippen molar-refractivity contribution in [1.29, 1.82) is 0 Å². The summed E-state index contributed by atoms with van der Waals surface area (Å²) in [6, 6.07) is 7.67. The highest BCUT2D eigenvalue weighted by molar-refractivity contribution is 5.99. The minimum Gasteiger partial charge on any atom is -0.451 e. The highest BCUT2D eigenvalue weighted by atomic mass is 16.3. The fourth-order valence-electron chi connectivity index (χ4n) is 2.93. The molecule has 110 valence electrons. The van der Waals surface area contributed by atoms with Crippen molar-refractivity contribution in [2.75, 3.05) is 0 Å². The number of nitrogens with zero attached hydrogens (tertiary/aromatic N) is 1. The molecule has 0 bridgehead atoms. The lowest BCUT2D eigenvalue weighted by Gasteiger charge is -2.18. The molecule has 3 rings (SSSR count). The van der Waals surface area contributed by atoms with E-state index in [9.17, 15) is 4.79 Å². The summed E-state index contributed by atoms with van der Waals surface area (Å²) in [5.41, 5.74) is 5.32. The number of aryl methyl sites for hydroxylation is 1. The second-order valence-corrected chi connectivity index (χ2v) is 5.87. The van der Waals surface area contributed by atoms with Gasteiger partial charge in [-0.15, -0.1) is 0 Å². The van der Waals surface area contributed by atoms with Gasteiger partial charge in [-0.25, -0.2) is 5.43 Å². The van der Waals surface area contributed by atoms with Crippen molar-refractivity contribution in [3.05, 3.63) is 35.6 Å². The molecule has 1 aliphatic rings. The Morgan fingerprint density at radius 1 is 1.38 bits per heavy atom. The van der Waals surface area contributed by atoms with Crippen LogP contribution >= 0.6 is 0 Å². The zero-order valence-corrected chi connectivity index (χ0v) is 12.5. The SMILES string of the molecule is Cc1c(C(=O)N/N=C2\CCC[C@@H](C)C2)oc2ccccc12. The first kappa shape index (κ1) is 13.9. The van der Waals surface area contributed by atoms with E-state index in [4.69, 9.17) is 4.42 Å². The van der Waals surface area contributed by atoms with Crippen molar-refractivity contribution in [3.63, 3.8) is 0 Å². The Morgan fingerprint density at radius 3 is 2.95 bits per heavy atom. The Kier molecular flexibility index (Phi) is 3.78. The number of hydrogen-bond acceptors (Lipinski definition) is 3. The fourth-order valence-corrected chi connectivity index (χ4v) is 2.93. The topological polar surface area (TPSA) is 54.6 Å². The second-order valence-electron chi connectivity index (χ2n) is 5.87. The maximum absolute atomic E-state index is 12.2. The summed E-state index contributed by atoms with van der Waals surface area (Å²) in [7, 11) is 0. The van der Waals surface area contributed by atoms with Gasteiger partial charge in [0.1, 0.15) is 5.58 Å². The van der Waals surface area contributed by atoms with E-state index in [2.05, 4.69) is 17.5 Å². The van der Waals surface area contributed by atoms with Crippen LogP contribution in [-0.4, -0.2) is 11.6 Å². The van der Waals surface area contributed by atoms with E-state index in [1.54, 1.807) is 0 Å². The van der Waals surface area contributed by atoms with Crippen LogP contribution in [0.3, 0.4) is 0 Å². The van der Waals surface area contributed by atoms with Gasteiger partial charge in [0.15, 0.2) is 5.76 Å². The number of hydrazone groups is 1. The lowest BCUT2D eigenvalue weighted by Crippen LogP contribution is -2.22. The third-order valence-electron chi connectivity index (χ3n) is 4.11. The molecule has 1 fully saturated rings. The highest BCUT2D eigenvalue weighted by Crippen LogP contribution is 2.25. The van der Waals surface area contributed by atoms with E-state index >= 15 is 0 Å². The summed E-state index contributed by atoms with van der Waals surface area (Å²) in [4.78, 5) is 12.2. The van der Waals surface area contributed by atoms with E-state index in [0.29, 0.717) is 11.7 Å². The molecule has 2 aromatic rings. The quantitative estimate of drug-likeness (QED) is 0.846. The normalized spacial score (nSPS) is 20.9. The average molecular weight is 284 g/mol. The van der Waals surface area contributed by atoms with Crippen molar-refractivity contribution in [3.8, 4) is 0 Å². The monoisotopic (exact) mass is 284 g/mol. The number of para-hydroxylation sites is 1. The van der Waals surface area contributed by atoms with E-state index in [1.807, 2.05) is 31.2 Å². The number of fused-ring (bicyclic) bond motifs is 1. The predicted octanol–water partition coefficient (Wildman–Crippen LogP) is 4.04. The molecular formula is C17H20N2O2. The van der Waals surface area contributed by atoms with Gasteiger partial charge in [0, 0.05) is 16.7 Å². The molecular weight excluding hydrogens is 264 g/mol. The Bertz CT molecular complexity index is 700. The molecule has 1 saturated carbocycles. The van der Waals surface area contributed by atoms with E-state index < -0.39 is 0 Å². The summed E-state index contributed by atoms with van der Waals surface area (Å²) in [5.74, 6) is 0.737. The van der Waals surface area contributed by atoms with Gasteiger partial charge in [-0.3, -0.25) is 4.79 Å². The minimum absolute atomic E-state index is 0.269. The number of hydrogen-bond donors (Lipinski definition) is 1. The van der Waals surface area contributed by atoms with E-state index in [1.165, 1.54) is 6.42 Å². The predicted molar refractivity (Wildman–Crippen MR) is 83.5 cm³/mol. The summed E-state index contributed by atoms with van der Waals surface area (Å²) < 4.78 is 5.64. The van der Waals surface area contributed by atoms with Crippen molar-refractivity contribution in [2.45, 2.75) is 39.5 Å². The molecule has 0 spiro atoms. The van der Waals surface area contributed by atoms with Crippen molar-refractivity contribution in [2.24, 2.45) is 11.0 Å². The lowest BCUT2D eigenvalue weighted by atomic mass is 9.89. The molecule has 0 saturated heterocycles. The third kappa shape index (κ3) is 2.84. The molecule has 0 radical (unpaired) electrons. The van der Waals surface area contributed by atoms with Gasteiger partial charge in [-0.05, 0) is 44.6 Å². The smallest absolute Gasteiger partial charge is 0.307 e. The molecule has 1 heterocycles.